The molecule has 12 rings (SSSR count). The Morgan fingerprint density at radius 1 is 0.462 bits per heavy atom. The second kappa shape index (κ2) is 10.3. The number of anilines is 3. The number of rotatable bonds is 4. The van der Waals surface area contributed by atoms with E-state index in [9.17, 15) is 0 Å². The van der Waals surface area contributed by atoms with Gasteiger partial charge in [0.15, 0.2) is 0 Å². The van der Waals surface area contributed by atoms with Crippen LogP contribution in [-0.2, 0) is 6.42 Å². The number of aromatic nitrogens is 1. The summed E-state index contributed by atoms with van der Waals surface area (Å²) in [6.07, 6.45) is 0.971. The molecule has 0 saturated heterocycles. The summed E-state index contributed by atoms with van der Waals surface area (Å²) >= 11 is 0. The average Bonchev–Trinajstić information content (AvgIpc) is 3.95. The number of para-hydroxylation sites is 4. The van der Waals surface area contributed by atoms with Crippen molar-refractivity contribution in [3.05, 3.63) is 181 Å². The molecule has 3 heterocycles. The van der Waals surface area contributed by atoms with E-state index in [2.05, 4.69) is 167 Å². The molecule has 11 aromatic rings. The minimum atomic E-state index is 0.914. The fourth-order valence-electron chi connectivity index (χ4n) is 9.07. The Labute approximate surface area is 299 Å². The largest absolute Gasteiger partial charge is 0.455 e. The van der Waals surface area contributed by atoms with E-state index in [1.807, 2.05) is 12.1 Å². The summed E-state index contributed by atoms with van der Waals surface area (Å²) in [5.41, 5.74) is 16.6. The SMILES string of the molecule is c1ccc2c(c1)Cc1ccc(N(c3ccc(-c4cccc5c4oc4ccccc45)cc3)c3ccc4c5ccccc5n5c6ccccc6c3c45)cc1-2. The quantitative estimate of drug-likeness (QED) is 0.187. The van der Waals surface area contributed by atoms with Gasteiger partial charge in [0.05, 0.1) is 22.2 Å². The minimum Gasteiger partial charge on any atom is -0.455 e. The summed E-state index contributed by atoms with van der Waals surface area (Å²) in [4.78, 5) is 2.46. The highest BCUT2D eigenvalue weighted by Crippen LogP contribution is 2.49. The number of benzene rings is 8. The Balaban J connectivity index is 1.11. The molecule has 0 saturated carbocycles. The lowest BCUT2D eigenvalue weighted by atomic mass is 10.0. The first-order valence-electron chi connectivity index (χ1n) is 18.0. The smallest absolute Gasteiger partial charge is 0.143 e. The average molecular weight is 663 g/mol. The van der Waals surface area contributed by atoms with Crippen molar-refractivity contribution in [1.82, 2.24) is 4.40 Å². The van der Waals surface area contributed by atoms with E-state index in [4.69, 9.17) is 4.42 Å². The molecule has 3 aromatic heterocycles. The number of fused-ring (bicyclic) bond motifs is 12. The first-order chi connectivity index (χ1) is 25.8. The molecule has 3 nitrogen and oxygen atoms in total. The van der Waals surface area contributed by atoms with Gasteiger partial charge < -0.3 is 13.7 Å². The second-order valence-corrected chi connectivity index (χ2v) is 14.1. The maximum Gasteiger partial charge on any atom is 0.143 e. The van der Waals surface area contributed by atoms with E-state index in [1.54, 1.807) is 0 Å². The van der Waals surface area contributed by atoms with Crippen LogP contribution in [0.25, 0.3) is 82.3 Å². The molecule has 0 N–H and O–H groups in total. The topological polar surface area (TPSA) is 20.8 Å². The lowest BCUT2D eigenvalue weighted by Crippen LogP contribution is -2.10. The van der Waals surface area contributed by atoms with Crippen molar-refractivity contribution >= 4 is 77.1 Å². The molecule has 0 aliphatic heterocycles. The Bertz CT molecular complexity index is 3220. The third-order valence-electron chi connectivity index (χ3n) is 11.4. The van der Waals surface area contributed by atoms with Crippen molar-refractivity contribution < 1.29 is 4.42 Å². The third-order valence-corrected chi connectivity index (χ3v) is 11.4. The van der Waals surface area contributed by atoms with Gasteiger partial charge in [0.1, 0.15) is 11.2 Å². The van der Waals surface area contributed by atoms with E-state index in [0.29, 0.717) is 0 Å². The molecule has 3 heteroatoms. The fraction of sp³-hybridized carbons (Fsp3) is 0.0204. The molecule has 8 aromatic carbocycles. The molecule has 0 radical (unpaired) electrons. The Morgan fingerprint density at radius 2 is 1.13 bits per heavy atom. The molecule has 242 valence electrons. The summed E-state index contributed by atoms with van der Waals surface area (Å²) in [6.45, 7) is 0. The maximum absolute atomic E-state index is 6.45. The summed E-state index contributed by atoms with van der Waals surface area (Å²) in [5, 5.41) is 7.37. The first-order valence-corrected chi connectivity index (χ1v) is 18.0. The summed E-state index contributed by atoms with van der Waals surface area (Å²) in [6, 6.07) is 62.0. The van der Waals surface area contributed by atoms with Crippen LogP contribution in [0, 0.1) is 0 Å². The Hall–Kier alpha value is -6.84. The van der Waals surface area contributed by atoms with Gasteiger partial charge in [-0.15, -0.1) is 0 Å². The van der Waals surface area contributed by atoms with Crippen LogP contribution in [0.4, 0.5) is 17.1 Å². The van der Waals surface area contributed by atoms with Gasteiger partial charge in [0.25, 0.3) is 0 Å². The van der Waals surface area contributed by atoms with Crippen molar-refractivity contribution in [1.29, 1.82) is 0 Å². The zero-order chi connectivity index (χ0) is 33.9. The van der Waals surface area contributed by atoms with Crippen molar-refractivity contribution in [2.75, 3.05) is 4.90 Å². The van der Waals surface area contributed by atoms with Crippen LogP contribution in [-0.4, -0.2) is 4.40 Å². The van der Waals surface area contributed by atoms with Crippen molar-refractivity contribution in [3.63, 3.8) is 0 Å². The number of nitrogens with zero attached hydrogens (tertiary/aromatic N) is 2. The predicted octanol–water partition coefficient (Wildman–Crippen LogP) is 13.4. The Kier molecular flexibility index (Phi) is 5.56. The normalized spacial score (nSPS) is 12.5. The first kappa shape index (κ1) is 27.9. The molecule has 1 aliphatic rings. The van der Waals surface area contributed by atoms with Gasteiger partial charge in [-0.3, -0.25) is 0 Å². The van der Waals surface area contributed by atoms with Gasteiger partial charge in [-0.05, 0) is 82.8 Å². The van der Waals surface area contributed by atoms with Gasteiger partial charge in [-0.2, -0.15) is 0 Å². The molecular weight excluding hydrogens is 633 g/mol. The summed E-state index contributed by atoms with van der Waals surface area (Å²) < 4.78 is 8.91. The van der Waals surface area contributed by atoms with Gasteiger partial charge in [0, 0.05) is 49.3 Å². The van der Waals surface area contributed by atoms with Crippen LogP contribution < -0.4 is 4.90 Å². The molecule has 0 fully saturated rings. The van der Waals surface area contributed by atoms with Gasteiger partial charge in [-0.1, -0.05) is 121 Å². The van der Waals surface area contributed by atoms with E-state index >= 15 is 0 Å². The van der Waals surface area contributed by atoms with E-state index in [0.717, 1.165) is 50.9 Å². The second-order valence-electron chi connectivity index (χ2n) is 14.1. The molecule has 1 aliphatic carbocycles. The minimum absolute atomic E-state index is 0.914. The highest BCUT2D eigenvalue weighted by molar-refractivity contribution is 6.27. The highest BCUT2D eigenvalue weighted by atomic mass is 16.3. The van der Waals surface area contributed by atoms with Crippen LogP contribution >= 0.6 is 0 Å². The van der Waals surface area contributed by atoms with E-state index in [-0.39, 0.29) is 0 Å². The van der Waals surface area contributed by atoms with Gasteiger partial charge in [-0.25, -0.2) is 0 Å². The monoisotopic (exact) mass is 662 g/mol. The number of hydrogen-bond acceptors (Lipinski definition) is 2. The molecule has 0 spiro atoms. The molecular formula is C49H30N2O. The standard InChI is InChI=1S/C49H30N2O/c1-2-11-35-31(10-1)28-32-22-25-34(29-42(32)35)50(33-23-20-30(21-24-33)36-15-9-16-40-38-13-5-8-19-46(38)52-49(36)40)45-27-26-39-37-12-3-6-17-43(37)51-44-18-7-4-14-41(44)47(45)48(39)51/h1-27,29H,28H2. The zero-order valence-electron chi connectivity index (χ0n) is 28.2. The predicted molar refractivity (Wildman–Crippen MR) is 217 cm³/mol. The molecule has 0 amide bonds. The van der Waals surface area contributed by atoms with Gasteiger partial charge in [0.2, 0.25) is 0 Å². The van der Waals surface area contributed by atoms with Crippen molar-refractivity contribution in [3.8, 4) is 22.3 Å². The number of furan rings is 1. The van der Waals surface area contributed by atoms with Gasteiger partial charge >= 0.3 is 0 Å². The summed E-state index contributed by atoms with van der Waals surface area (Å²) in [7, 11) is 0. The third kappa shape index (κ3) is 3.74. The molecule has 0 atom stereocenters. The van der Waals surface area contributed by atoms with Crippen LogP contribution in [0.2, 0.25) is 0 Å². The number of hydrogen-bond donors (Lipinski definition) is 0. The molecule has 0 unspecified atom stereocenters. The summed E-state index contributed by atoms with van der Waals surface area (Å²) in [5.74, 6) is 0. The zero-order valence-corrected chi connectivity index (χ0v) is 28.2. The molecule has 52 heavy (non-hydrogen) atoms. The lowest BCUT2D eigenvalue weighted by Gasteiger charge is -2.27. The maximum atomic E-state index is 6.45. The van der Waals surface area contributed by atoms with Crippen LogP contribution in [0.3, 0.4) is 0 Å². The van der Waals surface area contributed by atoms with E-state index < -0.39 is 0 Å². The highest BCUT2D eigenvalue weighted by Gasteiger charge is 2.26. The van der Waals surface area contributed by atoms with Crippen LogP contribution in [0.1, 0.15) is 11.1 Å². The fourth-order valence-corrected chi connectivity index (χ4v) is 9.07. The van der Waals surface area contributed by atoms with Crippen molar-refractivity contribution in [2.45, 2.75) is 6.42 Å². The lowest BCUT2D eigenvalue weighted by molar-refractivity contribution is 0.670. The van der Waals surface area contributed by atoms with Crippen molar-refractivity contribution in [2.24, 2.45) is 0 Å². The van der Waals surface area contributed by atoms with E-state index in [1.165, 1.54) is 66.0 Å². The van der Waals surface area contributed by atoms with Crippen LogP contribution in [0.5, 0.6) is 0 Å². The Morgan fingerprint density at radius 3 is 2.02 bits per heavy atom. The van der Waals surface area contributed by atoms with Crippen LogP contribution in [0.15, 0.2) is 174 Å². The molecule has 0 bridgehead atoms.